The van der Waals surface area contributed by atoms with Crippen molar-refractivity contribution >= 4 is 0 Å². The van der Waals surface area contributed by atoms with Crippen molar-refractivity contribution in [3.8, 4) is 5.75 Å². The summed E-state index contributed by atoms with van der Waals surface area (Å²) < 4.78 is 73.9. The third kappa shape index (κ3) is 2.82. The van der Waals surface area contributed by atoms with E-state index in [0.29, 0.717) is 0 Å². The summed E-state index contributed by atoms with van der Waals surface area (Å²) >= 11 is 0. The average Bonchev–Trinajstić information content (AvgIpc) is 2.13. The van der Waals surface area contributed by atoms with Crippen LogP contribution >= 0.6 is 0 Å². The molecule has 0 spiro atoms. The highest BCUT2D eigenvalue weighted by atomic mass is 19.4. The van der Waals surface area contributed by atoms with E-state index >= 15 is 0 Å². The first-order valence-corrected chi connectivity index (χ1v) is 4.18. The molecule has 0 unspecified atom stereocenters. The number of hydrogen-bond donors (Lipinski definition) is 2. The molecule has 1 rings (SSSR count). The minimum atomic E-state index is -5.10. The van der Waals surface area contributed by atoms with Gasteiger partial charge in [0.25, 0.3) is 0 Å². The minimum absolute atomic E-state index is 0.221. The molecule has 2 N–H and O–H groups in total. The molecular weight excluding hydrogens is 254 g/mol. The van der Waals surface area contributed by atoms with Crippen LogP contribution < -0.4 is 0 Å². The molecule has 1 aromatic rings. The number of hydrogen-bond acceptors (Lipinski definition) is 2. The number of benzene rings is 1. The van der Waals surface area contributed by atoms with Crippen molar-refractivity contribution in [2.24, 2.45) is 0 Å². The second-order valence-corrected chi connectivity index (χ2v) is 3.18. The standard InChI is InChI=1S/C9H6F6O2/c10-8(11,12)5-2-6(9(13,14)15)7(17)1-4(5)3-16/h1-2,16-17H,3H2. The number of aromatic hydroxyl groups is 1. The van der Waals surface area contributed by atoms with Gasteiger partial charge in [-0.2, -0.15) is 26.3 Å². The maximum Gasteiger partial charge on any atom is 0.419 e. The summed E-state index contributed by atoms with van der Waals surface area (Å²) in [6.07, 6.45) is -10.1. The van der Waals surface area contributed by atoms with E-state index in [0.717, 1.165) is 0 Å². The average molecular weight is 260 g/mol. The third-order valence-electron chi connectivity index (χ3n) is 2.00. The summed E-state index contributed by atoms with van der Waals surface area (Å²) in [5.41, 5.74) is -4.23. The first-order chi connectivity index (χ1) is 7.57. The van der Waals surface area contributed by atoms with Crippen molar-refractivity contribution in [3.05, 3.63) is 28.8 Å². The normalized spacial score (nSPS) is 12.9. The van der Waals surface area contributed by atoms with Gasteiger partial charge in [-0.25, -0.2) is 0 Å². The summed E-state index contributed by atoms with van der Waals surface area (Å²) in [6.45, 7) is -1.12. The van der Waals surface area contributed by atoms with E-state index in [1.54, 1.807) is 0 Å². The zero-order valence-corrected chi connectivity index (χ0v) is 8.02. The van der Waals surface area contributed by atoms with Crippen molar-refractivity contribution in [3.63, 3.8) is 0 Å². The molecule has 0 bridgehead atoms. The highest BCUT2D eigenvalue weighted by molar-refractivity contribution is 5.44. The maximum absolute atomic E-state index is 12.4. The van der Waals surface area contributed by atoms with Gasteiger partial charge in [0, 0.05) is 0 Å². The number of halogens is 6. The van der Waals surface area contributed by atoms with Crippen LogP contribution in [0.15, 0.2) is 12.1 Å². The first kappa shape index (κ1) is 13.6. The van der Waals surface area contributed by atoms with Crippen LogP contribution in [-0.4, -0.2) is 10.2 Å². The minimum Gasteiger partial charge on any atom is -0.507 e. The molecule has 0 aliphatic heterocycles. The molecule has 17 heavy (non-hydrogen) atoms. The predicted molar refractivity (Wildman–Crippen MR) is 44.0 cm³/mol. The van der Waals surface area contributed by atoms with Gasteiger partial charge in [-0.1, -0.05) is 0 Å². The number of aliphatic hydroxyl groups excluding tert-OH is 1. The van der Waals surface area contributed by atoms with Crippen molar-refractivity contribution < 1.29 is 36.6 Å². The van der Waals surface area contributed by atoms with E-state index in [4.69, 9.17) is 10.2 Å². The van der Waals surface area contributed by atoms with Crippen LogP contribution in [0.25, 0.3) is 0 Å². The maximum atomic E-state index is 12.4. The van der Waals surface area contributed by atoms with E-state index in [-0.39, 0.29) is 12.1 Å². The number of alkyl halides is 6. The van der Waals surface area contributed by atoms with Gasteiger partial charge < -0.3 is 10.2 Å². The highest BCUT2D eigenvalue weighted by Crippen LogP contribution is 2.41. The Balaban J connectivity index is 3.49. The molecule has 0 atom stereocenters. The Morgan fingerprint density at radius 1 is 0.882 bits per heavy atom. The lowest BCUT2D eigenvalue weighted by molar-refractivity contribution is -0.144. The summed E-state index contributed by atoms with van der Waals surface area (Å²) in [6, 6.07) is 0.0343. The molecule has 0 aliphatic carbocycles. The zero-order valence-electron chi connectivity index (χ0n) is 8.02. The molecule has 0 radical (unpaired) electrons. The number of phenols is 1. The molecule has 0 aromatic heterocycles. The van der Waals surface area contributed by atoms with Crippen LogP contribution in [0.4, 0.5) is 26.3 Å². The largest absolute Gasteiger partial charge is 0.507 e. The fourth-order valence-corrected chi connectivity index (χ4v) is 1.25. The van der Waals surface area contributed by atoms with Crippen LogP contribution in [0.1, 0.15) is 16.7 Å². The highest BCUT2D eigenvalue weighted by Gasteiger charge is 2.40. The van der Waals surface area contributed by atoms with E-state index in [1.165, 1.54) is 0 Å². The first-order valence-electron chi connectivity index (χ1n) is 4.18. The van der Waals surface area contributed by atoms with E-state index in [9.17, 15) is 26.3 Å². The molecule has 0 saturated heterocycles. The van der Waals surface area contributed by atoms with Gasteiger partial charge in [0.05, 0.1) is 17.7 Å². The monoisotopic (exact) mass is 260 g/mol. The van der Waals surface area contributed by atoms with Gasteiger partial charge in [-0.05, 0) is 17.7 Å². The van der Waals surface area contributed by atoms with Crippen LogP contribution in [0.2, 0.25) is 0 Å². The quantitative estimate of drug-likeness (QED) is 0.762. The van der Waals surface area contributed by atoms with Crippen LogP contribution in [0.5, 0.6) is 5.75 Å². The molecule has 8 heteroatoms. The van der Waals surface area contributed by atoms with Gasteiger partial charge in [0.1, 0.15) is 5.75 Å². The van der Waals surface area contributed by atoms with Gasteiger partial charge in [-0.15, -0.1) is 0 Å². The Labute approximate surface area is 91.1 Å². The van der Waals surface area contributed by atoms with Gasteiger partial charge in [0.15, 0.2) is 0 Å². The Bertz CT molecular complexity index is 421. The van der Waals surface area contributed by atoms with Crippen LogP contribution in [-0.2, 0) is 19.0 Å². The molecule has 0 saturated carbocycles. The third-order valence-corrected chi connectivity index (χ3v) is 2.00. The number of aliphatic hydroxyl groups is 1. The Kier molecular flexibility index (Phi) is 3.28. The van der Waals surface area contributed by atoms with Gasteiger partial charge >= 0.3 is 12.4 Å². The lowest BCUT2D eigenvalue weighted by Gasteiger charge is -2.16. The smallest absolute Gasteiger partial charge is 0.419 e. The van der Waals surface area contributed by atoms with E-state index < -0.39 is 41.4 Å². The molecule has 0 heterocycles. The SMILES string of the molecule is OCc1cc(O)c(C(F)(F)F)cc1C(F)(F)F. The van der Waals surface area contributed by atoms with Crippen molar-refractivity contribution in [1.82, 2.24) is 0 Å². The zero-order chi connectivity index (χ0) is 13.4. The Morgan fingerprint density at radius 2 is 1.35 bits per heavy atom. The molecule has 1 aromatic carbocycles. The van der Waals surface area contributed by atoms with Gasteiger partial charge in [0.2, 0.25) is 0 Å². The summed E-state index contributed by atoms with van der Waals surface area (Å²) in [7, 11) is 0. The topological polar surface area (TPSA) is 40.5 Å². The summed E-state index contributed by atoms with van der Waals surface area (Å²) in [4.78, 5) is 0. The van der Waals surface area contributed by atoms with Crippen molar-refractivity contribution in [1.29, 1.82) is 0 Å². The second kappa shape index (κ2) is 4.10. The molecule has 0 aliphatic rings. The predicted octanol–water partition coefficient (Wildman–Crippen LogP) is 2.92. The molecular formula is C9H6F6O2. The van der Waals surface area contributed by atoms with Crippen molar-refractivity contribution in [2.75, 3.05) is 0 Å². The number of phenolic OH excluding ortho intramolecular Hbond substituents is 1. The summed E-state index contributed by atoms with van der Waals surface area (Å²) in [5, 5.41) is 17.6. The van der Waals surface area contributed by atoms with Crippen LogP contribution in [0.3, 0.4) is 0 Å². The van der Waals surface area contributed by atoms with Crippen molar-refractivity contribution in [2.45, 2.75) is 19.0 Å². The summed E-state index contributed by atoms with van der Waals surface area (Å²) in [5.74, 6) is -1.35. The fourth-order valence-electron chi connectivity index (χ4n) is 1.25. The van der Waals surface area contributed by atoms with Crippen LogP contribution in [0, 0.1) is 0 Å². The Morgan fingerprint density at radius 3 is 1.71 bits per heavy atom. The second-order valence-electron chi connectivity index (χ2n) is 3.18. The van der Waals surface area contributed by atoms with E-state index in [1.807, 2.05) is 0 Å². The lowest BCUT2D eigenvalue weighted by atomic mass is 10.0. The molecule has 0 fully saturated rings. The molecule has 2 nitrogen and oxygen atoms in total. The fraction of sp³-hybridized carbons (Fsp3) is 0.333. The lowest BCUT2D eigenvalue weighted by Crippen LogP contribution is -2.13. The van der Waals surface area contributed by atoms with E-state index in [2.05, 4.69) is 0 Å². The van der Waals surface area contributed by atoms with Gasteiger partial charge in [-0.3, -0.25) is 0 Å². The number of rotatable bonds is 1. The molecule has 0 amide bonds. The Hall–Kier alpha value is -1.44. The molecule has 96 valence electrons.